The Labute approximate surface area is 120 Å². The third-order valence-electron chi connectivity index (χ3n) is 4.05. The van der Waals surface area contributed by atoms with E-state index in [1.54, 1.807) is 0 Å². The predicted octanol–water partition coefficient (Wildman–Crippen LogP) is 1.92. The van der Waals surface area contributed by atoms with Crippen LogP contribution in [0.2, 0.25) is 0 Å². The summed E-state index contributed by atoms with van der Waals surface area (Å²) in [7, 11) is 1.48. The SMILES string of the molecule is COCc1noc([C@@H]2CC(F)(F)CN2C(=O)C2CCC2)n1. The van der Waals surface area contributed by atoms with Crippen molar-refractivity contribution in [1.29, 1.82) is 0 Å². The van der Waals surface area contributed by atoms with Crippen molar-refractivity contribution in [2.45, 2.75) is 44.3 Å². The third-order valence-corrected chi connectivity index (χ3v) is 4.05. The van der Waals surface area contributed by atoms with Gasteiger partial charge in [0.25, 0.3) is 5.92 Å². The number of alkyl halides is 2. The van der Waals surface area contributed by atoms with Crippen LogP contribution >= 0.6 is 0 Å². The number of hydrogen-bond acceptors (Lipinski definition) is 5. The number of aromatic nitrogens is 2. The van der Waals surface area contributed by atoms with E-state index in [2.05, 4.69) is 10.1 Å². The summed E-state index contributed by atoms with van der Waals surface area (Å²) in [5.74, 6) is -2.93. The number of carbonyl (C=O) groups is 1. The third kappa shape index (κ3) is 2.76. The average molecular weight is 301 g/mol. The van der Waals surface area contributed by atoms with Crippen molar-refractivity contribution in [3.63, 3.8) is 0 Å². The first-order valence-electron chi connectivity index (χ1n) is 7.00. The maximum atomic E-state index is 13.7. The molecule has 0 bridgehead atoms. The predicted molar refractivity (Wildman–Crippen MR) is 66.4 cm³/mol. The molecule has 1 aromatic rings. The highest BCUT2D eigenvalue weighted by atomic mass is 19.3. The molecule has 6 nitrogen and oxygen atoms in total. The second kappa shape index (κ2) is 5.32. The molecule has 0 N–H and O–H groups in total. The first-order chi connectivity index (χ1) is 10.00. The minimum Gasteiger partial charge on any atom is -0.377 e. The summed E-state index contributed by atoms with van der Waals surface area (Å²) < 4.78 is 37.4. The van der Waals surface area contributed by atoms with Crippen molar-refractivity contribution < 1.29 is 22.8 Å². The van der Waals surface area contributed by atoms with Crippen LogP contribution in [0.25, 0.3) is 0 Å². The van der Waals surface area contributed by atoms with Gasteiger partial charge in [0.15, 0.2) is 5.82 Å². The Bertz CT molecular complexity index is 530. The molecule has 1 aliphatic carbocycles. The molecular weight excluding hydrogens is 284 g/mol. The van der Waals surface area contributed by atoms with Gasteiger partial charge in [0, 0.05) is 19.4 Å². The van der Waals surface area contributed by atoms with Crippen LogP contribution in [0.5, 0.6) is 0 Å². The second-order valence-electron chi connectivity index (χ2n) is 5.65. The van der Waals surface area contributed by atoms with E-state index < -0.39 is 24.9 Å². The van der Waals surface area contributed by atoms with Gasteiger partial charge in [0.1, 0.15) is 12.6 Å². The molecule has 8 heteroatoms. The Morgan fingerprint density at radius 3 is 2.90 bits per heavy atom. The Balaban J connectivity index is 1.80. The summed E-state index contributed by atoms with van der Waals surface area (Å²) in [5, 5.41) is 3.68. The molecule has 2 aliphatic rings. The second-order valence-corrected chi connectivity index (χ2v) is 5.65. The van der Waals surface area contributed by atoms with Crippen LogP contribution in [0.3, 0.4) is 0 Å². The van der Waals surface area contributed by atoms with Crippen molar-refractivity contribution in [2.24, 2.45) is 5.92 Å². The van der Waals surface area contributed by atoms with Crippen LogP contribution in [0.1, 0.15) is 43.4 Å². The van der Waals surface area contributed by atoms with Crippen LogP contribution in [-0.2, 0) is 16.1 Å². The molecule has 0 spiro atoms. The van der Waals surface area contributed by atoms with E-state index in [1.165, 1.54) is 12.0 Å². The molecule has 1 aromatic heterocycles. The van der Waals surface area contributed by atoms with E-state index in [9.17, 15) is 13.6 Å². The topological polar surface area (TPSA) is 68.5 Å². The molecule has 0 aromatic carbocycles. The highest BCUT2D eigenvalue weighted by Gasteiger charge is 2.51. The lowest BCUT2D eigenvalue weighted by atomic mass is 9.84. The fraction of sp³-hybridized carbons (Fsp3) is 0.769. The summed E-state index contributed by atoms with van der Waals surface area (Å²) in [5.41, 5.74) is 0. The van der Waals surface area contributed by atoms with Gasteiger partial charge in [0.2, 0.25) is 11.8 Å². The Kier molecular flexibility index (Phi) is 3.64. The van der Waals surface area contributed by atoms with Crippen LogP contribution in [0.4, 0.5) is 8.78 Å². The van der Waals surface area contributed by atoms with Crippen molar-refractivity contribution in [3.8, 4) is 0 Å². The number of rotatable bonds is 4. The number of hydrogen-bond donors (Lipinski definition) is 0. The maximum Gasteiger partial charge on any atom is 0.267 e. The summed E-state index contributed by atoms with van der Waals surface area (Å²) >= 11 is 0. The normalized spacial score (nSPS) is 25.1. The van der Waals surface area contributed by atoms with Crippen LogP contribution in [0.15, 0.2) is 4.52 Å². The van der Waals surface area contributed by atoms with Crippen molar-refractivity contribution in [1.82, 2.24) is 15.0 Å². The fourth-order valence-electron chi connectivity index (χ4n) is 2.75. The molecule has 2 heterocycles. The monoisotopic (exact) mass is 301 g/mol. The molecule has 1 saturated carbocycles. The highest BCUT2D eigenvalue weighted by molar-refractivity contribution is 5.80. The van der Waals surface area contributed by atoms with E-state index in [0.29, 0.717) is 5.82 Å². The molecular formula is C13H17F2N3O3. The summed E-state index contributed by atoms with van der Waals surface area (Å²) in [6.07, 6.45) is 2.04. The Morgan fingerprint density at radius 2 is 2.29 bits per heavy atom. The van der Waals surface area contributed by atoms with E-state index in [4.69, 9.17) is 9.26 Å². The number of likely N-dealkylation sites (tertiary alicyclic amines) is 1. The number of carbonyl (C=O) groups excluding carboxylic acids is 1. The van der Waals surface area contributed by atoms with E-state index in [0.717, 1.165) is 19.3 Å². The smallest absolute Gasteiger partial charge is 0.267 e. The Hall–Kier alpha value is -1.57. The van der Waals surface area contributed by atoms with Crippen LogP contribution in [0, 0.1) is 5.92 Å². The standard InChI is InChI=1S/C13H17F2N3O3/c1-20-6-10-16-11(21-17-10)9-5-13(14,15)7-18(9)12(19)8-3-2-4-8/h8-9H,2-7H2,1H3/t9-/m0/s1. The van der Waals surface area contributed by atoms with E-state index in [1.807, 2.05) is 0 Å². The highest BCUT2D eigenvalue weighted by Crippen LogP contribution is 2.43. The van der Waals surface area contributed by atoms with Gasteiger partial charge in [-0.25, -0.2) is 8.78 Å². The lowest BCUT2D eigenvalue weighted by molar-refractivity contribution is -0.140. The minimum atomic E-state index is -2.92. The Morgan fingerprint density at radius 1 is 1.52 bits per heavy atom. The van der Waals surface area contributed by atoms with E-state index >= 15 is 0 Å². The molecule has 0 unspecified atom stereocenters. The first kappa shape index (κ1) is 14.4. The van der Waals surface area contributed by atoms with Crippen molar-refractivity contribution in [3.05, 3.63) is 11.7 Å². The molecule has 1 saturated heterocycles. The van der Waals surface area contributed by atoms with Gasteiger partial charge in [0.05, 0.1) is 6.54 Å². The van der Waals surface area contributed by atoms with Crippen LogP contribution < -0.4 is 0 Å². The number of methoxy groups -OCH3 is 1. The van der Waals surface area contributed by atoms with Gasteiger partial charge in [-0.15, -0.1) is 0 Å². The molecule has 116 valence electrons. The van der Waals surface area contributed by atoms with Gasteiger partial charge in [-0.1, -0.05) is 11.6 Å². The number of halogens is 2. The zero-order chi connectivity index (χ0) is 15.0. The molecule has 0 radical (unpaired) electrons. The minimum absolute atomic E-state index is 0.0619. The lowest BCUT2D eigenvalue weighted by Crippen LogP contribution is -2.39. The summed E-state index contributed by atoms with van der Waals surface area (Å²) in [4.78, 5) is 17.6. The zero-order valence-electron chi connectivity index (χ0n) is 11.7. The zero-order valence-corrected chi connectivity index (χ0v) is 11.7. The van der Waals surface area contributed by atoms with Crippen LogP contribution in [-0.4, -0.2) is 40.5 Å². The van der Waals surface area contributed by atoms with Crippen molar-refractivity contribution in [2.75, 3.05) is 13.7 Å². The molecule has 21 heavy (non-hydrogen) atoms. The molecule has 2 fully saturated rings. The molecule has 1 amide bonds. The number of ether oxygens (including phenoxy) is 1. The average Bonchev–Trinajstić information content (AvgIpc) is 2.91. The number of nitrogens with zero attached hydrogens (tertiary/aromatic N) is 3. The maximum absolute atomic E-state index is 13.7. The van der Waals surface area contributed by atoms with Crippen molar-refractivity contribution >= 4 is 5.91 Å². The fourth-order valence-corrected chi connectivity index (χ4v) is 2.75. The van der Waals surface area contributed by atoms with Gasteiger partial charge >= 0.3 is 0 Å². The lowest BCUT2D eigenvalue weighted by Gasteiger charge is -2.31. The first-order valence-corrected chi connectivity index (χ1v) is 7.00. The largest absolute Gasteiger partial charge is 0.377 e. The molecule has 1 atom stereocenters. The van der Waals surface area contributed by atoms with Gasteiger partial charge in [-0.05, 0) is 12.8 Å². The van der Waals surface area contributed by atoms with Gasteiger partial charge in [-0.2, -0.15) is 4.98 Å². The summed E-state index contributed by atoms with van der Waals surface area (Å²) in [6, 6.07) is -0.841. The van der Waals surface area contributed by atoms with Gasteiger partial charge < -0.3 is 14.2 Å². The summed E-state index contributed by atoms with van der Waals surface area (Å²) in [6.45, 7) is -0.432. The number of amides is 1. The van der Waals surface area contributed by atoms with Gasteiger partial charge in [-0.3, -0.25) is 4.79 Å². The quantitative estimate of drug-likeness (QED) is 0.850. The molecule has 3 rings (SSSR count). The molecule has 1 aliphatic heterocycles. The van der Waals surface area contributed by atoms with E-state index in [-0.39, 0.29) is 24.3 Å².